The minimum absolute atomic E-state index is 0.250. The van der Waals surface area contributed by atoms with Crippen molar-refractivity contribution in [3.63, 3.8) is 0 Å². The second-order valence-corrected chi connectivity index (χ2v) is 5.63. The summed E-state index contributed by atoms with van der Waals surface area (Å²) in [6.07, 6.45) is 4.65. The molecule has 5 nitrogen and oxygen atoms in total. The van der Waals surface area contributed by atoms with Crippen LogP contribution in [0, 0.1) is 0 Å². The van der Waals surface area contributed by atoms with Crippen LogP contribution in [-0.4, -0.2) is 54.8 Å². The van der Waals surface area contributed by atoms with Gasteiger partial charge in [-0.1, -0.05) is 52.8 Å². The molecule has 0 bridgehead atoms. The van der Waals surface area contributed by atoms with Gasteiger partial charge >= 0.3 is 0 Å². The lowest BCUT2D eigenvalue weighted by Crippen LogP contribution is -2.23. The second-order valence-electron chi connectivity index (χ2n) is 5.63. The van der Waals surface area contributed by atoms with Gasteiger partial charge in [-0.05, 0) is 51.7 Å². The van der Waals surface area contributed by atoms with Crippen LogP contribution in [0.3, 0.4) is 0 Å². The Labute approximate surface area is 166 Å². The molecule has 1 aromatic heterocycles. The average Bonchev–Trinajstić information content (AvgIpc) is 3.07. The highest BCUT2D eigenvalue weighted by atomic mass is 16.3. The van der Waals surface area contributed by atoms with E-state index >= 15 is 0 Å². The molecule has 0 aliphatic rings. The minimum atomic E-state index is -0.250. The highest BCUT2D eigenvalue weighted by molar-refractivity contribution is 5.84. The molecule has 156 valence electrons. The van der Waals surface area contributed by atoms with Crippen molar-refractivity contribution >= 4 is 17.4 Å². The molecule has 0 fully saturated rings. The molecule has 0 amide bonds. The molecule has 2 N–H and O–H groups in total. The number of hydrogen-bond donors (Lipinski definition) is 2. The summed E-state index contributed by atoms with van der Waals surface area (Å²) < 4.78 is 2.41. The van der Waals surface area contributed by atoms with Gasteiger partial charge in [0.05, 0.1) is 0 Å². The van der Waals surface area contributed by atoms with E-state index in [1.807, 2.05) is 34.7 Å². The van der Waals surface area contributed by atoms with Crippen molar-refractivity contribution in [1.29, 1.82) is 0 Å². The maximum absolute atomic E-state index is 8.36. The third-order valence-corrected chi connectivity index (χ3v) is 3.84. The summed E-state index contributed by atoms with van der Waals surface area (Å²) >= 11 is 0. The molecule has 0 spiro atoms. The van der Waals surface area contributed by atoms with Gasteiger partial charge in [0.1, 0.15) is 0 Å². The van der Waals surface area contributed by atoms with Gasteiger partial charge in [0, 0.05) is 30.2 Å². The molecule has 0 unspecified atom stereocenters. The highest BCUT2D eigenvalue weighted by Crippen LogP contribution is 2.21. The molecule has 0 saturated heterocycles. The topological polar surface area (TPSA) is 57.5 Å². The van der Waals surface area contributed by atoms with Gasteiger partial charge < -0.3 is 19.9 Å². The Morgan fingerprint density at radius 2 is 1.74 bits per heavy atom. The van der Waals surface area contributed by atoms with E-state index in [1.165, 1.54) is 29.4 Å². The van der Waals surface area contributed by atoms with E-state index in [-0.39, 0.29) is 6.47 Å². The summed E-state index contributed by atoms with van der Waals surface area (Å²) in [4.78, 5) is 10.8. The summed E-state index contributed by atoms with van der Waals surface area (Å²) in [6, 6.07) is 8.75. The number of para-hydroxylation sites is 1. The van der Waals surface area contributed by atoms with Crippen LogP contribution < -0.4 is 5.32 Å². The van der Waals surface area contributed by atoms with Crippen LogP contribution in [0.5, 0.6) is 0 Å². The van der Waals surface area contributed by atoms with Crippen molar-refractivity contribution in [2.45, 2.75) is 54.0 Å². The molecule has 2 aromatic rings. The number of nitrogens with one attached hydrogen (secondary N) is 1. The Balaban J connectivity index is 0. The lowest BCUT2D eigenvalue weighted by atomic mass is 10.1. The van der Waals surface area contributed by atoms with E-state index in [4.69, 9.17) is 9.90 Å². The standard InChI is InChI=1S/C17H27N3.2C2H6.CH2O2/c1-4-11-19(3)12-13-20-14-15(9-10-18-2)16-7-5-6-8-17(16)20;2*1-2;2-1-3/h5-8,14,18H,4,9-13H2,1-3H3;2*1-2H3;1H,(H,2,3). The van der Waals surface area contributed by atoms with Crippen LogP contribution in [0.2, 0.25) is 0 Å². The Bertz CT molecular complexity index is 582. The highest BCUT2D eigenvalue weighted by Gasteiger charge is 2.08. The zero-order valence-electron chi connectivity index (χ0n) is 18.5. The van der Waals surface area contributed by atoms with Gasteiger partial charge in [-0.15, -0.1) is 0 Å². The number of carboxylic acid groups (broad SMARTS) is 1. The predicted octanol–water partition coefficient (Wildman–Crippen LogP) is 4.50. The first-order valence-electron chi connectivity index (χ1n) is 10.2. The van der Waals surface area contributed by atoms with Crippen molar-refractivity contribution in [2.24, 2.45) is 0 Å². The van der Waals surface area contributed by atoms with Crippen molar-refractivity contribution in [2.75, 3.05) is 33.7 Å². The van der Waals surface area contributed by atoms with Crippen LogP contribution in [0.1, 0.15) is 46.6 Å². The largest absolute Gasteiger partial charge is 0.483 e. The quantitative estimate of drug-likeness (QED) is 0.663. The monoisotopic (exact) mass is 379 g/mol. The van der Waals surface area contributed by atoms with Gasteiger partial charge in [0.15, 0.2) is 0 Å². The Kier molecular flexibility index (Phi) is 19.2. The lowest BCUT2D eigenvalue weighted by molar-refractivity contribution is -0.122. The van der Waals surface area contributed by atoms with Gasteiger partial charge in [0.2, 0.25) is 0 Å². The van der Waals surface area contributed by atoms with Gasteiger partial charge in [-0.3, -0.25) is 4.79 Å². The summed E-state index contributed by atoms with van der Waals surface area (Å²) in [5, 5.41) is 11.5. The number of hydrogen-bond acceptors (Lipinski definition) is 3. The molecular weight excluding hydrogens is 338 g/mol. The van der Waals surface area contributed by atoms with Crippen molar-refractivity contribution in [1.82, 2.24) is 14.8 Å². The van der Waals surface area contributed by atoms with Crippen molar-refractivity contribution < 1.29 is 9.90 Å². The van der Waals surface area contributed by atoms with E-state index in [0.29, 0.717) is 0 Å². The average molecular weight is 380 g/mol. The van der Waals surface area contributed by atoms with E-state index in [0.717, 1.165) is 26.1 Å². The molecule has 1 aromatic carbocycles. The first kappa shape index (κ1) is 27.4. The SMILES string of the molecule is CC.CC.CCCN(C)CCn1cc(CCNC)c2ccccc21.O=CO. The van der Waals surface area contributed by atoms with Crippen molar-refractivity contribution in [3.8, 4) is 0 Å². The minimum Gasteiger partial charge on any atom is -0.483 e. The fourth-order valence-corrected chi connectivity index (χ4v) is 2.74. The molecule has 0 saturated carbocycles. The Hall–Kier alpha value is -1.85. The summed E-state index contributed by atoms with van der Waals surface area (Å²) in [5.74, 6) is 0. The van der Waals surface area contributed by atoms with Crippen LogP contribution in [0.4, 0.5) is 0 Å². The van der Waals surface area contributed by atoms with Gasteiger partial charge in [-0.25, -0.2) is 0 Å². The first-order valence-corrected chi connectivity index (χ1v) is 10.2. The Morgan fingerprint density at radius 1 is 1.15 bits per heavy atom. The Morgan fingerprint density at radius 3 is 2.30 bits per heavy atom. The van der Waals surface area contributed by atoms with Crippen LogP contribution >= 0.6 is 0 Å². The molecule has 1 heterocycles. The number of likely N-dealkylation sites (N-methyl/N-ethyl adjacent to an activating group) is 2. The fourth-order valence-electron chi connectivity index (χ4n) is 2.74. The maximum Gasteiger partial charge on any atom is 0.290 e. The molecule has 27 heavy (non-hydrogen) atoms. The van der Waals surface area contributed by atoms with Crippen molar-refractivity contribution in [3.05, 3.63) is 36.0 Å². The number of carbonyl (C=O) groups is 1. The van der Waals surface area contributed by atoms with E-state index < -0.39 is 0 Å². The van der Waals surface area contributed by atoms with Crippen LogP contribution in [-0.2, 0) is 17.8 Å². The fraction of sp³-hybridized carbons (Fsp3) is 0.591. The molecule has 0 atom stereocenters. The third kappa shape index (κ3) is 10.8. The predicted molar refractivity (Wildman–Crippen MR) is 119 cm³/mol. The smallest absolute Gasteiger partial charge is 0.290 e. The normalized spacial score (nSPS) is 9.48. The van der Waals surface area contributed by atoms with E-state index in [9.17, 15) is 0 Å². The molecule has 0 aliphatic carbocycles. The molecule has 5 heteroatoms. The zero-order valence-corrected chi connectivity index (χ0v) is 18.5. The van der Waals surface area contributed by atoms with Crippen LogP contribution in [0.25, 0.3) is 10.9 Å². The summed E-state index contributed by atoms with van der Waals surface area (Å²) in [6.45, 7) is 14.4. The maximum atomic E-state index is 8.36. The number of rotatable bonds is 8. The van der Waals surface area contributed by atoms with Gasteiger partial charge in [-0.2, -0.15) is 0 Å². The number of fused-ring (bicyclic) bond motifs is 1. The first-order chi connectivity index (χ1) is 13.2. The van der Waals surface area contributed by atoms with Crippen LogP contribution in [0.15, 0.2) is 30.5 Å². The molecule has 0 aliphatic heterocycles. The molecular formula is C22H41N3O2. The number of benzene rings is 1. The van der Waals surface area contributed by atoms with Gasteiger partial charge in [0.25, 0.3) is 6.47 Å². The van der Waals surface area contributed by atoms with E-state index in [1.54, 1.807) is 0 Å². The number of aromatic nitrogens is 1. The molecule has 2 rings (SSSR count). The second kappa shape index (κ2) is 18.9. The number of nitrogens with zero attached hydrogens (tertiary/aromatic N) is 2. The zero-order chi connectivity index (χ0) is 21.1. The molecule has 0 radical (unpaired) electrons. The summed E-state index contributed by atoms with van der Waals surface area (Å²) in [7, 11) is 4.22. The van der Waals surface area contributed by atoms with E-state index in [2.05, 4.69) is 59.2 Å². The summed E-state index contributed by atoms with van der Waals surface area (Å²) in [5.41, 5.74) is 2.82. The lowest BCUT2D eigenvalue weighted by Gasteiger charge is -2.16. The third-order valence-electron chi connectivity index (χ3n) is 3.84.